The zero-order valence-electron chi connectivity index (χ0n) is 9.06. The first-order valence-corrected chi connectivity index (χ1v) is 5.49. The third-order valence-electron chi connectivity index (χ3n) is 3.44. The summed E-state index contributed by atoms with van der Waals surface area (Å²) in [7, 11) is 0. The standard InChI is InChI=1S/C11H15N3O2/c12-8-11(5-1-2-6-11)10-9(14(15)16)4-3-7-13-10/h3-4,7H,1-2,5-6,8,12H2. The Hall–Kier alpha value is -1.49. The molecule has 1 aliphatic carbocycles. The molecule has 0 radical (unpaired) electrons. The maximum absolute atomic E-state index is 11.0. The molecule has 1 aromatic rings. The molecule has 0 atom stereocenters. The van der Waals surface area contributed by atoms with Gasteiger partial charge < -0.3 is 5.73 Å². The molecule has 2 N–H and O–H groups in total. The molecule has 1 fully saturated rings. The van der Waals surface area contributed by atoms with Gasteiger partial charge in [0.1, 0.15) is 5.69 Å². The van der Waals surface area contributed by atoms with Gasteiger partial charge in [-0.1, -0.05) is 12.8 Å². The molecular formula is C11H15N3O2. The highest BCUT2D eigenvalue weighted by molar-refractivity contribution is 5.40. The number of pyridine rings is 1. The first-order chi connectivity index (χ1) is 7.69. The van der Waals surface area contributed by atoms with Crippen molar-refractivity contribution in [3.05, 3.63) is 34.1 Å². The molecule has 0 aliphatic heterocycles. The predicted octanol–water partition coefficient (Wildman–Crippen LogP) is 1.76. The van der Waals surface area contributed by atoms with Crippen LogP contribution in [-0.2, 0) is 5.41 Å². The summed E-state index contributed by atoms with van der Waals surface area (Å²) in [6, 6.07) is 3.11. The normalized spacial score (nSPS) is 18.6. The van der Waals surface area contributed by atoms with Crippen LogP contribution in [0.2, 0.25) is 0 Å². The largest absolute Gasteiger partial charge is 0.330 e. The summed E-state index contributed by atoms with van der Waals surface area (Å²) in [5.74, 6) is 0. The van der Waals surface area contributed by atoms with E-state index in [1.807, 2.05) is 0 Å². The Balaban J connectivity index is 2.49. The topological polar surface area (TPSA) is 82.0 Å². The minimum atomic E-state index is -0.363. The average Bonchev–Trinajstić information content (AvgIpc) is 2.78. The van der Waals surface area contributed by atoms with Gasteiger partial charge >= 0.3 is 0 Å². The summed E-state index contributed by atoms with van der Waals surface area (Å²) >= 11 is 0. The van der Waals surface area contributed by atoms with Crippen LogP contribution in [0.25, 0.3) is 0 Å². The summed E-state index contributed by atoms with van der Waals surface area (Å²) in [5, 5.41) is 11.0. The molecule has 16 heavy (non-hydrogen) atoms. The van der Waals surface area contributed by atoms with Crippen molar-refractivity contribution in [1.82, 2.24) is 4.98 Å². The molecule has 5 heteroatoms. The summed E-state index contributed by atoms with van der Waals surface area (Å²) in [4.78, 5) is 14.8. The second-order valence-electron chi connectivity index (χ2n) is 4.32. The predicted molar refractivity (Wildman–Crippen MR) is 60.1 cm³/mol. The Morgan fingerprint density at radius 3 is 2.75 bits per heavy atom. The Morgan fingerprint density at radius 2 is 2.19 bits per heavy atom. The number of hydrogen-bond acceptors (Lipinski definition) is 4. The van der Waals surface area contributed by atoms with Crippen LogP contribution in [-0.4, -0.2) is 16.5 Å². The molecule has 0 spiro atoms. The van der Waals surface area contributed by atoms with Crippen molar-refractivity contribution < 1.29 is 4.92 Å². The van der Waals surface area contributed by atoms with Gasteiger partial charge in [-0.05, 0) is 18.9 Å². The fourth-order valence-corrected chi connectivity index (χ4v) is 2.54. The molecule has 1 heterocycles. The highest BCUT2D eigenvalue weighted by Crippen LogP contribution is 2.42. The van der Waals surface area contributed by atoms with E-state index in [2.05, 4.69) is 4.98 Å². The lowest BCUT2D eigenvalue weighted by molar-refractivity contribution is -0.386. The number of nitro groups is 1. The van der Waals surface area contributed by atoms with Gasteiger partial charge in [0.2, 0.25) is 0 Å². The van der Waals surface area contributed by atoms with Crippen LogP contribution in [0.1, 0.15) is 31.4 Å². The van der Waals surface area contributed by atoms with Gasteiger partial charge in [-0.25, -0.2) is 0 Å². The zero-order valence-corrected chi connectivity index (χ0v) is 9.06. The molecule has 86 valence electrons. The number of hydrogen-bond donors (Lipinski definition) is 1. The van der Waals surface area contributed by atoms with Gasteiger partial charge in [-0.2, -0.15) is 0 Å². The molecule has 5 nitrogen and oxygen atoms in total. The Kier molecular flexibility index (Phi) is 2.87. The molecule has 0 saturated heterocycles. The Labute approximate surface area is 93.8 Å². The molecule has 0 amide bonds. The van der Waals surface area contributed by atoms with Crippen molar-refractivity contribution in [3.63, 3.8) is 0 Å². The first kappa shape index (κ1) is 11.0. The Bertz CT molecular complexity index is 400. The third-order valence-corrected chi connectivity index (χ3v) is 3.44. The monoisotopic (exact) mass is 221 g/mol. The second-order valence-corrected chi connectivity index (χ2v) is 4.32. The highest BCUT2D eigenvalue weighted by Gasteiger charge is 2.40. The average molecular weight is 221 g/mol. The van der Waals surface area contributed by atoms with E-state index >= 15 is 0 Å². The fourth-order valence-electron chi connectivity index (χ4n) is 2.54. The Morgan fingerprint density at radius 1 is 1.50 bits per heavy atom. The van der Waals surface area contributed by atoms with E-state index in [1.165, 1.54) is 6.07 Å². The van der Waals surface area contributed by atoms with Crippen molar-refractivity contribution in [3.8, 4) is 0 Å². The van der Waals surface area contributed by atoms with E-state index in [-0.39, 0.29) is 16.0 Å². The van der Waals surface area contributed by atoms with Crippen LogP contribution in [0, 0.1) is 10.1 Å². The lowest BCUT2D eigenvalue weighted by Crippen LogP contribution is -2.33. The summed E-state index contributed by atoms with van der Waals surface area (Å²) in [5.41, 5.74) is 6.21. The van der Waals surface area contributed by atoms with Crippen molar-refractivity contribution in [1.29, 1.82) is 0 Å². The van der Waals surface area contributed by atoms with Gasteiger partial charge in [0.15, 0.2) is 0 Å². The van der Waals surface area contributed by atoms with E-state index in [0.717, 1.165) is 25.7 Å². The molecular weight excluding hydrogens is 206 g/mol. The molecule has 0 unspecified atom stereocenters. The first-order valence-electron chi connectivity index (χ1n) is 5.49. The van der Waals surface area contributed by atoms with Gasteiger partial charge in [0.05, 0.1) is 4.92 Å². The van der Waals surface area contributed by atoms with Gasteiger partial charge in [0, 0.05) is 24.2 Å². The highest BCUT2D eigenvalue weighted by atomic mass is 16.6. The number of aromatic nitrogens is 1. The van der Waals surface area contributed by atoms with E-state index in [9.17, 15) is 10.1 Å². The van der Waals surface area contributed by atoms with Crippen molar-refractivity contribution >= 4 is 5.69 Å². The van der Waals surface area contributed by atoms with Crippen LogP contribution < -0.4 is 5.73 Å². The zero-order chi connectivity index (χ0) is 11.6. The minimum Gasteiger partial charge on any atom is -0.330 e. The maximum atomic E-state index is 11.0. The smallest absolute Gasteiger partial charge is 0.291 e. The lowest BCUT2D eigenvalue weighted by atomic mass is 9.81. The van der Waals surface area contributed by atoms with Crippen molar-refractivity contribution in [2.75, 3.05) is 6.54 Å². The van der Waals surface area contributed by atoms with Crippen LogP contribution in [0.5, 0.6) is 0 Å². The fraction of sp³-hybridized carbons (Fsp3) is 0.545. The minimum absolute atomic E-state index is 0.106. The second kappa shape index (κ2) is 4.17. The van der Waals surface area contributed by atoms with Crippen LogP contribution in [0.15, 0.2) is 18.3 Å². The van der Waals surface area contributed by atoms with Crippen molar-refractivity contribution in [2.24, 2.45) is 5.73 Å². The quantitative estimate of drug-likeness (QED) is 0.622. The lowest BCUT2D eigenvalue weighted by Gasteiger charge is -2.25. The van der Waals surface area contributed by atoms with Crippen LogP contribution >= 0.6 is 0 Å². The van der Waals surface area contributed by atoms with E-state index in [4.69, 9.17) is 5.73 Å². The van der Waals surface area contributed by atoms with E-state index in [0.29, 0.717) is 12.2 Å². The van der Waals surface area contributed by atoms with E-state index < -0.39 is 0 Å². The molecule has 0 aromatic carbocycles. The van der Waals surface area contributed by atoms with Crippen molar-refractivity contribution in [2.45, 2.75) is 31.1 Å². The maximum Gasteiger partial charge on any atom is 0.291 e. The van der Waals surface area contributed by atoms with E-state index in [1.54, 1.807) is 12.3 Å². The van der Waals surface area contributed by atoms with Gasteiger partial charge in [-0.3, -0.25) is 15.1 Å². The summed E-state index contributed by atoms with van der Waals surface area (Å²) in [6.45, 7) is 0.435. The third kappa shape index (κ3) is 1.67. The van der Waals surface area contributed by atoms with Crippen LogP contribution in [0.3, 0.4) is 0 Å². The number of nitrogens with zero attached hydrogens (tertiary/aromatic N) is 2. The molecule has 1 aromatic heterocycles. The molecule has 2 rings (SSSR count). The number of nitrogens with two attached hydrogens (primary N) is 1. The molecule has 1 aliphatic rings. The summed E-state index contributed by atoms with van der Waals surface area (Å²) in [6.07, 6.45) is 5.57. The molecule has 0 bridgehead atoms. The van der Waals surface area contributed by atoms with Gasteiger partial charge in [-0.15, -0.1) is 0 Å². The SMILES string of the molecule is NCC1(c2ncccc2[N+](=O)[O-])CCCC1. The van der Waals surface area contributed by atoms with Crippen LogP contribution in [0.4, 0.5) is 5.69 Å². The summed E-state index contributed by atoms with van der Waals surface area (Å²) < 4.78 is 0. The van der Waals surface area contributed by atoms with Gasteiger partial charge in [0.25, 0.3) is 5.69 Å². The number of rotatable bonds is 3. The molecule has 1 saturated carbocycles.